The zero-order valence-corrected chi connectivity index (χ0v) is 5.97. The number of rotatable bonds is 1. The first-order valence-corrected chi connectivity index (χ1v) is 3.04. The predicted molar refractivity (Wildman–Crippen MR) is 39.0 cm³/mol. The maximum atomic E-state index is 4.10. The van der Waals surface area contributed by atoms with Gasteiger partial charge in [-0.25, -0.2) is 0 Å². The van der Waals surface area contributed by atoms with Crippen molar-refractivity contribution in [3.05, 3.63) is 29.5 Å². The number of thiol groups is 1. The first-order valence-electron chi connectivity index (χ1n) is 2.59. The molecule has 0 saturated heterocycles. The molecule has 0 atom stereocenters. The van der Waals surface area contributed by atoms with Crippen molar-refractivity contribution in [3.8, 4) is 0 Å². The Morgan fingerprint density at radius 2 is 2.33 bits per heavy atom. The van der Waals surface area contributed by atoms with E-state index in [0.29, 0.717) is 0 Å². The molecule has 0 bridgehead atoms. The van der Waals surface area contributed by atoms with E-state index in [1.165, 1.54) is 0 Å². The lowest BCUT2D eigenvalue weighted by Crippen LogP contribution is -1.89. The van der Waals surface area contributed by atoms with Crippen molar-refractivity contribution in [2.75, 3.05) is 0 Å². The minimum Gasteiger partial charge on any atom is -0.261 e. The fourth-order valence-electron chi connectivity index (χ4n) is 0.486. The predicted octanol–water partition coefficient (Wildman–Crippen LogP) is 1.31. The van der Waals surface area contributed by atoms with Gasteiger partial charge in [-0.2, -0.15) is 12.6 Å². The maximum absolute atomic E-state index is 4.10. The standard InChI is InChI=1S/C6H7N2S/c1-5(9)6-4-7-2-3-8-6/h2-4,9H,1H3. The van der Waals surface area contributed by atoms with Gasteiger partial charge in [-0.3, -0.25) is 9.97 Å². The Bertz CT molecular complexity index is 174. The summed E-state index contributed by atoms with van der Waals surface area (Å²) in [6.07, 6.45) is 4.97. The van der Waals surface area contributed by atoms with Crippen LogP contribution in [0.2, 0.25) is 0 Å². The summed E-state index contributed by atoms with van der Waals surface area (Å²) >= 11 is 4.10. The lowest BCUT2D eigenvalue weighted by atomic mass is 10.3. The quantitative estimate of drug-likeness (QED) is 0.593. The van der Waals surface area contributed by atoms with Gasteiger partial charge >= 0.3 is 0 Å². The van der Waals surface area contributed by atoms with Crippen molar-refractivity contribution in [1.29, 1.82) is 0 Å². The molecule has 0 aliphatic heterocycles. The van der Waals surface area contributed by atoms with Crippen molar-refractivity contribution in [3.63, 3.8) is 0 Å². The highest BCUT2D eigenvalue weighted by molar-refractivity contribution is 7.83. The van der Waals surface area contributed by atoms with Crippen LogP contribution in [-0.2, 0) is 0 Å². The van der Waals surface area contributed by atoms with Gasteiger partial charge in [0.2, 0.25) is 0 Å². The molecular weight excluding hydrogens is 132 g/mol. The van der Waals surface area contributed by atoms with Gasteiger partial charge < -0.3 is 0 Å². The first kappa shape index (κ1) is 6.55. The van der Waals surface area contributed by atoms with E-state index in [4.69, 9.17) is 0 Å². The molecule has 1 aromatic heterocycles. The van der Waals surface area contributed by atoms with Crippen LogP contribution >= 0.6 is 12.6 Å². The Hall–Kier alpha value is -0.570. The van der Waals surface area contributed by atoms with E-state index in [-0.39, 0.29) is 0 Å². The zero-order valence-electron chi connectivity index (χ0n) is 5.07. The molecule has 0 aliphatic rings. The molecule has 9 heavy (non-hydrogen) atoms. The molecule has 3 heteroatoms. The molecule has 1 radical (unpaired) electrons. The van der Waals surface area contributed by atoms with E-state index in [9.17, 15) is 0 Å². The molecule has 0 amide bonds. The van der Waals surface area contributed by atoms with Crippen LogP contribution in [0.25, 0.3) is 0 Å². The van der Waals surface area contributed by atoms with Crippen molar-refractivity contribution in [1.82, 2.24) is 9.97 Å². The second-order valence-electron chi connectivity index (χ2n) is 1.68. The maximum Gasteiger partial charge on any atom is 0.0759 e. The normalized spacial score (nSPS) is 10.1. The van der Waals surface area contributed by atoms with Gasteiger partial charge in [0.1, 0.15) is 0 Å². The van der Waals surface area contributed by atoms with Crippen LogP contribution < -0.4 is 0 Å². The second kappa shape index (κ2) is 2.82. The van der Waals surface area contributed by atoms with E-state index in [1.54, 1.807) is 18.6 Å². The number of hydrogen-bond donors (Lipinski definition) is 1. The van der Waals surface area contributed by atoms with Gasteiger partial charge in [0, 0.05) is 18.6 Å². The van der Waals surface area contributed by atoms with Gasteiger partial charge in [-0.05, 0) is 6.92 Å². The lowest BCUT2D eigenvalue weighted by molar-refractivity contribution is 1.11. The fourth-order valence-corrected chi connectivity index (χ4v) is 0.601. The van der Waals surface area contributed by atoms with E-state index in [2.05, 4.69) is 22.6 Å². The summed E-state index contributed by atoms with van der Waals surface area (Å²) in [6, 6.07) is 0. The van der Waals surface area contributed by atoms with Crippen molar-refractivity contribution in [2.24, 2.45) is 0 Å². The van der Waals surface area contributed by atoms with Crippen LogP contribution in [0.3, 0.4) is 0 Å². The fraction of sp³-hybridized carbons (Fsp3) is 0.167. The van der Waals surface area contributed by atoms with Crippen LogP contribution in [0.4, 0.5) is 0 Å². The summed E-state index contributed by atoms with van der Waals surface area (Å²) in [5.41, 5.74) is 0.834. The monoisotopic (exact) mass is 139 g/mol. The van der Waals surface area contributed by atoms with E-state index in [0.717, 1.165) is 10.9 Å². The number of aromatic nitrogens is 2. The molecule has 1 rings (SSSR count). The van der Waals surface area contributed by atoms with Gasteiger partial charge in [0.05, 0.1) is 10.9 Å². The lowest BCUT2D eigenvalue weighted by Gasteiger charge is -1.97. The topological polar surface area (TPSA) is 25.8 Å². The third kappa shape index (κ3) is 1.68. The Morgan fingerprint density at radius 3 is 2.67 bits per heavy atom. The largest absolute Gasteiger partial charge is 0.261 e. The third-order valence-corrected chi connectivity index (χ3v) is 1.16. The van der Waals surface area contributed by atoms with Crippen LogP contribution in [0, 0.1) is 5.25 Å². The van der Waals surface area contributed by atoms with Crippen LogP contribution in [0.5, 0.6) is 0 Å². The molecular formula is C6H7N2S. The van der Waals surface area contributed by atoms with Gasteiger partial charge in [0.15, 0.2) is 0 Å². The summed E-state index contributed by atoms with van der Waals surface area (Å²) in [5, 5.41) is 0.892. The average molecular weight is 139 g/mol. The highest BCUT2D eigenvalue weighted by Crippen LogP contribution is 2.11. The molecule has 1 aromatic rings. The van der Waals surface area contributed by atoms with Crippen LogP contribution in [0.1, 0.15) is 12.6 Å². The Kier molecular flexibility index (Phi) is 2.05. The average Bonchev–Trinajstić information content (AvgIpc) is 1.90. The highest BCUT2D eigenvalue weighted by Gasteiger charge is 1.98. The second-order valence-corrected chi connectivity index (χ2v) is 2.35. The number of nitrogens with zero attached hydrogens (tertiary/aromatic N) is 2. The molecule has 0 aliphatic carbocycles. The zero-order chi connectivity index (χ0) is 6.69. The molecule has 0 N–H and O–H groups in total. The molecule has 0 saturated carbocycles. The summed E-state index contributed by atoms with van der Waals surface area (Å²) in [4.78, 5) is 7.88. The van der Waals surface area contributed by atoms with E-state index >= 15 is 0 Å². The van der Waals surface area contributed by atoms with Crippen LogP contribution in [0.15, 0.2) is 18.6 Å². The van der Waals surface area contributed by atoms with E-state index < -0.39 is 0 Å². The van der Waals surface area contributed by atoms with Crippen molar-refractivity contribution < 1.29 is 0 Å². The first-order chi connectivity index (χ1) is 4.30. The van der Waals surface area contributed by atoms with E-state index in [1.807, 2.05) is 6.92 Å². The van der Waals surface area contributed by atoms with Gasteiger partial charge in [0.25, 0.3) is 0 Å². The summed E-state index contributed by atoms with van der Waals surface area (Å²) in [7, 11) is 0. The Balaban J connectivity index is 2.85. The smallest absolute Gasteiger partial charge is 0.0759 e. The van der Waals surface area contributed by atoms with Gasteiger partial charge in [-0.1, -0.05) is 0 Å². The molecule has 0 unspecified atom stereocenters. The molecule has 0 fully saturated rings. The molecule has 47 valence electrons. The summed E-state index contributed by atoms with van der Waals surface area (Å²) < 4.78 is 0. The molecule has 0 spiro atoms. The van der Waals surface area contributed by atoms with Crippen molar-refractivity contribution in [2.45, 2.75) is 6.92 Å². The minimum absolute atomic E-state index is 0.834. The third-order valence-electron chi connectivity index (χ3n) is 0.934. The number of hydrogen-bond acceptors (Lipinski definition) is 3. The SMILES string of the molecule is C[C](S)c1cnccn1. The van der Waals surface area contributed by atoms with Crippen molar-refractivity contribution >= 4 is 12.6 Å². The molecule has 2 nitrogen and oxygen atoms in total. The Morgan fingerprint density at radius 1 is 1.56 bits per heavy atom. The Labute approximate surface area is 59.8 Å². The summed E-state index contributed by atoms with van der Waals surface area (Å²) in [5.74, 6) is 0. The molecule has 1 heterocycles. The van der Waals surface area contributed by atoms with Gasteiger partial charge in [-0.15, -0.1) is 0 Å². The van der Waals surface area contributed by atoms with Crippen LogP contribution in [-0.4, -0.2) is 9.97 Å². The summed E-state index contributed by atoms with van der Waals surface area (Å²) in [6.45, 7) is 1.88. The minimum atomic E-state index is 0.834. The highest BCUT2D eigenvalue weighted by atomic mass is 32.1. The molecule has 0 aromatic carbocycles.